The van der Waals surface area contributed by atoms with Crippen LogP contribution in [0.25, 0.3) is 0 Å². The molecule has 0 aliphatic carbocycles. The molecule has 0 unspecified atom stereocenters. The largest absolute Gasteiger partial charge is 0.480 e. The van der Waals surface area contributed by atoms with Crippen molar-refractivity contribution in [2.24, 2.45) is 0 Å². The molecule has 70 valence electrons. The third kappa shape index (κ3) is 1.67. The van der Waals surface area contributed by atoms with Gasteiger partial charge in [-0.05, 0) is 5.75 Å². The highest BCUT2D eigenvalue weighted by Crippen LogP contribution is 2.22. The lowest BCUT2D eigenvalue weighted by atomic mass is 10.3. The summed E-state index contributed by atoms with van der Waals surface area (Å²) in [5.41, 5.74) is 1.93. The van der Waals surface area contributed by atoms with Crippen LogP contribution in [0.2, 0.25) is 0 Å². The first-order valence-electron chi connectivity index (χ1n) is 3.98. The fourth-order valence-corrected chi connectivity index (χ4v) is 2.30. The highest BCUT2D eigenvalue weighted by Gasteiger charge is 2.17. The van der Waals surface area contributed by atoms with Gasteiger partial charge in [0.25, 0.3) is 0 Å². The van der Waals surface area contributed by atoms with E-state index in [1.165, 1.54) is 4.68 Å². The van der Waals surface area contributed by atoms with Gasteiger partial charge in [0.15, 0.2) is 0 Å². The first-order valence-corrected chi connectivity index (χ1v) is 5.13. The van der Waals surface area contributed by atoms with Crippen molar-refractivity contribution in [3.8, 4) is 0 Å². The Hall–Kier alpha value is -1.04. The number of hydrogen-bond donors (Lipinski definition) is 1. The Morgan fingerprint density at radius 1 is 1.69 bits per heavy atom. The number of fused-ring (bicyclic) bond motifs is 1. The van der Waals surface area contributed by atoms with E-state index in [0.29, 0.717) is 0 Å². The standard InChI is InChI=1S/C7H9N3O2S/c11-7(12)3-10-6-4-13-2-1-5(6)8-9-10/h1-4H2,(H,11,12). The maximum Gasteiger partial charge on any atom is 0.325 e. The molecule has 2 heterocycles. The molecule has 0 aromatic carbocycles. The van der Waals surface area contributed by atoms with Gasteiger partial charge in [-0.3, -0.25) is 4.79 Å². The summed E-state index contributed by atoms with van der Waals surface area (Å²) in [5.74, 6) is 1.01. The molecule has 0 saturated heterocycles. The molecule has 0 amide bonds. The fraction of sp³-hybridized carbons (Fsp3) is 0.571. The molecule has 0 radical (unpaired) electrons. The van der Waals surface area contributed by atoms with Crippen LogP contribution >= 0.6 is 11.8 Å². The van der Waals surface area contributed by atoms with E-state index < -0.39 is 5.97 Å². The van der Waals surface area contributed by atoms with Crippen molar-refractivity contribution < 1.29 is 9.90 Å². The molecular formula is C7H9N3O2S. The van der Waals surface area contributed by atoms with Crippen LogP contribution < -0.4 is 0 Å². The van der Waals surface area contributed by atoms with E-state index in [1.54, 1.807) is 11.8 Å². The molecule has 0 fully saturated rings. The number of aliphatic carboxylic acids is 1. The van der Waals surface area contributed by atoms with Crippen LogP contribution in [-0.2, 0) is 23.5 Å². The van der Waals surface area contributed by atoms with E-state index >= 15 is 0 Å². The van der Waals surface area contributed by atoms with E-state index in [2.05, 4.69) is 10.3 Å². The molecule has 13 heavy (non-hydrogen) atoms. The molecule has 2 rings (SSSR count). The monoisotopic (exact) mass is 199 g/mol. The smallest absolute Gasteiger partial charge is 0.325 e. The molecule has 0 saturated carbocycles. The van der Waals surface area contributed by atoms with Crippen molar-refractivity contribution in [2.45, 2.75) is 18.7 Å². The zero-order valence-electron chi connectivity index (χ0n) is 6.93. The van der Waals surface area contributed by atoms with Gasteiger partial charge >= 0.3 is 5.97 Å². The van der Waals surface area contributed by atoms with Gasteiger partial charge in [0.1, 0.15) is 6.54 Å². The first-order chi connectivity index (χ1) is 6.27. The Morgan fingerprint density at radius 2 is 2.54 bits per heavy atom. The lowest BCUT2D eigenvalue weighted by molar-refractivity contribution is -0.137. The number of carbonyl (C=O) groups is 1. The number of nitrogens with zero attached hydrogens (tertiary/aromatic N) is 3. The average molecular weight is 199 g/mol. The van der Waals surface area contributed by atoms with E-state index in [-0.39, 0.29) is 6.54 Å². The SMILES string of the molecule is O=C(O)Cn1nnc2c1CSCC2. The van der Waals surface area contributed by atoms with Gasteiger partial charge in [-0.1, -0.05) is 5.21 Å². The lowest BCUT2D eigenvalue weighted by Crippen LogP contribution is -2.14. The van der Waals surface area contributed by atoms with E-state index in [4.69, 9.17) is 5.11 Å². The van der Waals surface area contributed by atoms with Gasteiger partial charge in [-0.15, -0.1) is 5.10 Å². The highest BCUT2D eigenvalue weighted by molar-refractivity contribution is 7.98. The molecule has 0 atom stereocenters. The summed E-state index contributed by atoms with van der Waals surface area (Å²) >= 11 is 1.79. The maximum absolute atomic E-state index is 10.5. The third-order valence-corrected chi connectivity index (χ3v) is 2.90. The number of carboxylic acids is 1. The molecule has 0 spiro atoms. The van der Waals surface area contributed by atoms with Gasteiger partial charge < -0.3 is 5.11 Å². The lowest BCUT2D eigenvalue weighted by Gasteiger charge is -2.10. The average Bonchev–Trinajstić information content (AvgIpc) is 2.48. The summed E-state index contributed by atoms with van der Waals surface area (Å²) in [6.07, 6.45) is 0.902. The summed E-state index contributed by atoms with van der Waals surface area (Å²) in [5, 5.41) is 16.3. The Labute approximate surface area is 79.1 Å². The minimum Gasteiger partial charge on any atom is -0.480 e. The van der Waals surface area contributed by atoms with Gasteiger partial charge in [0.05, 0.1) is 11.4 Å². The second kappa shape index (κ2) is 3.37. The Kier molecular flexibility index (Phi) is 2.22. The minimum atomic E-state index is -0.872. The molecular weight excluding hydrogens is 190 g/mol. The number of rotatable bonds is 2. The van der Waals surface area contributed by atoms with Crippen LogP contribution in [0.3, 0.4) is 0 Å². The number of hydrogen-bond acceptors (Lipinski definition) is 4. The number of aromatic nitrogens is 3. The second-order valence-electron chi connectivity index (χ2n) is 2.84. The van der Waals surface area contributed by atoms with E-state index in [9.17, 15) is 4.79 Å². The van der Waals surface area contributed by atoms with Crippen molar-refractivity contribution in [3.63, 3.8) is 0 Å². The summed E-state index contributed by atoms with van der Waals surface area (Å²) in [7, 11) is 0. The van der Waals surface area contributed by atoms with Gasteiger partial charge in [0.2, 0.25) is 0 Å². The van der Waals surface area contributed by atoms with Gasteiger partial charge in [-0.2, -0.15) is 11.8 Å². The van der Waals surface area contributed by atoms with Gasteiger partial charge in [-0.25, -0.2) is 4.68 Å². The number of aryl methyl sites for hydroxylation is 1. The van der Waals surface area contributed by atoms with Gasteiger partial charge in [0, 0.05) is 12.2 Å². The van der Waals surface area contributed by atoms with Crippen LogP contribution in [0.1, 0.15) is 11.4 Å². The van der Waals surface area contributed by atoms with E-state index in [1.807, 2.05) is 0 Å². The number of thioether (sulfide) groups is 1. The quantitative estimate of drug-likeness (QED) is 0.734. The van der Waals surface area contributed by atoms with Crippen LogP contribution in [-0.4, -0.2) is 31.8 Å². The van der Waals surface area contributed by atoms with Crippen molar-refractivity contribution >= 4 is 17.7 Å². The highest BCUT2D eigenvalue weighted by atomic mass is 32.2. The Morgan fingerprint density at radius 3 is 3.31 bits per heavy atom. The molecule has 0 bridgehead atoms. The van der Waals surface area contributed by atoms with Crippen molar-refractivity contribution in [2.75, 3.05) is 5.75 Å². The zero-order chi connectivity index (χ0) is 9.26. The van der Waals surface area contributed by atoms with Crippen LogP contribution in [0, 0.1) is 0 Å². The molecule has 1 aromatic heterocycles. The zero-order valence-corrected chi connectivity index (χ0v) is 7.75. The maximum atomic E-state index is 10.5. The van der Waals surface area contributed by atoms with Crippen molar-refractivity contribution in [1.82, 2.24) is 15.0 Å². The molecule has 5 nitrogen and oxygen atoms in total. The summed E-state index contributed by atoms with van der Waals surface area (Å²) in [4.78, 5) is 10.5. The first kappa shape index (κ1) is 8.55. The Balaban J connectivity index is 2.26. The Bertz CT molecular complexity index is 336. The second-order valence-corrected chi connectivity index (χ2v) is 3.94. The third-order valence-electron chi connectivity index (χ3n) is 1.93. The molecule has 1 aromatic rings. The van der Waals surface area contributed by atoms with Crippen molar-refractivity contribution in [3.05, 3.63) is 11.4 Å². The molecule has 6 heteroatoms. The summed E-state index contributed by atoms with van der Waals surface area (Å²) in [6, 6.07) is 0. The van der Waals surface area contributed by atoms with Crippen LogP contribution in [0.4, 0.5) is 0 Å². The normalized spacial score (nSPS) is 15.4. The summed E-state index contributed by atoms with van der Waals surface area (Å²) < 4.78 is 1.48. The minimum absolute atomic E-state index is 0.0805. The molecule has 1 N–H and O–H groups in total. The summed E-state index contributed by atoms with van der Waals surface area (Å²) in [6.45, 7) is -0.0805. The predicted molar refractivity (Wildman–Crippen MR) is 47.5 cm³/mol. The van der Waals surface area contributed by atoms with Crippen LogP contribution in [0.15, 0.2) is 0 Å². The fourth-order valence-electron chi connectivity index (χ4n) is 1.31. The van der Waals surface area contributed by atoms with Crippen molar-refractivity contribution in [1.29, 1.82) is 0 Å². The van der Waals surface area contributed by atoms with E-state index in [0.717, 1.165) is 29.3 Å². The van der Waals surface area contributed by atoms with Crippen LogP contribution in [0.5, 0.6) is 0 Å². The molecule has 1 aliphatic rings. The predicted octanol–water partition coefficient (Wildman–Crippen LogP) is 0.152. The topological polar surface area (TPSA) is 68.0 Å². The number of carboxylic acid groups (broad SMARTS) is 1. The molecule has 1 aliphatic heterocycles.